The zero-order valence-corrected chi connectivity index (χ0v) is 21.8. The first-order valence-corrected chi connectivity index (χ1v) is 13.9. The van der Waals surface area contributed by atoms with Gasteiger partial charge in [-0.05, 0) is 18.8 Å². The first-order chi connectivity index (χ1) is 17.5. The fourth-order valence-corrected chi connectivity index (χ4v) is 4.96. The Hall–Kier alpha value is -2.18. The molecule has 2 unspecified atom stereocenters. The molecule has 0 radical (unpaired) electrons. The number of nitrogens with zero attached hydrogens (tertiary/aromatic N) is 2. The predicted octanol–water partition coefficient (Wildman–Crippen LogP) is 8.69. The fourth-order valence-electron chi connectivity index (χ4n) is 4.96. The summed E-state index contributed by atoms with van der Waals surface area (Å²) in [6.45, 7) is 2.07. The molecule has 7 heteroatoms. The highest BCUT2D eigenvalue weighted by Gasteiger charge is 2.46. The highest BCUT2D eigenvalue weighted by atomic mass is 19.2. The first-order valence-electron chi connectivity index (χ1n) is 13.9. The van der Waals surface area contributed by atoms with Gasteiger partial charge in [0, 0.05) is 5.56 Å². The van der Waals surface area contributed by atoms with E-state index in [4.69, 9.17) is 9.47 Å². The monoisotopic (exact) mass is 508 g/mol. The number of alkyl halides is 2. The van der Waals surface area contributed by atoms with Crippen molar-refractivity contribution in [2.45, 2.75) is 109 Å². The van der Waals surface area contributed by atoms with Gasteiger partial charge in [0.05, 0.1) is 12.8 Å². The van der Waals surface area contributed by atoms with E-state index in [9.17, 15) is 4.39 Å². The second-order valence-corrected chi connectivity index (χ2v) is 10.1. The maximum Gasteiger partial charge on any atom is 0.333 e. The molecule has 4 nitrogen and oxygen atoms in total. The Morgan fingerprint density at radius 3 is 2.47 bits per heavy atom. The Balaban J connectivity index is 1.54. The summed E-state index contributed by atoms with van der Waals surface area (Å²) in [4.78, 5) is 3.82. The number of aliphatic imine (C=N–C) groups is 1. The van der Waals surface area contributed by atoms with E-state index in [0.29, 0.717) is 13.0 Å². The van der Waals surface area contributed by atoms with E-state index in [0.717, 1.165) is 57.1 Å². The number of ether oxygens (including phenoxy) is 2. The van der Waals surface area contributed by atoms with Crippen LogP contribution in [-0.2, 0) is 15.4 Å². The van der Waals surface area contributed by atoms with Gasteiger partial charge in [-0.3, -0.25) is 0 Å². The Morgan fingerprint density at radius 2 is 1.72 bits per heavy atom. The molecule has 1 saturated carbocycles. The molecule has 1 aliphatic heterocycles. The number of hydrogen-bond donors (Lipinski definition) is 0. The van der Waals surface area contributed by atoms with Crippen LogP contribution in [0.15, 0.2) is 47.0 Å². The minimum atomic E-state index is -2.80. The Bertz CT molecular complexity index is 814. The van der Waals surface area contributed by atoms with Crippen LogP contribution in [-0.4, -0.2) is 30.7 Å². The van der Waals surface area contributed by atoms with Crippen molar-refractivity contribution in [2.24, 2.45) is 10.9 Å². The molecule has 0 bridgehead atoms. The van der Waals surface area contributed by atoms with E-state index in [1.165, 1.54) is 50.7 Å². The smallest absolute Gasteiger partial charge is 0.333 e. The van der Waals surface area contributed by atoms with Crippen LogP contribution in [0.1, 0.15) is 102 Å². The van der Waals surface area contributed by atoms with Crippen molar-refractivity contribution in [3.05, 3.63) is 47.5 Å². The van der Waals surface area contributed by atoms with Gasteiger partial charge in [0.25, 0.3) is 5.88 Å². The van der Waals surface area contributed by atoms with Gasteiger partial charge in [0.1, 0.15) is 12.8 Å². The van der Waals surface area contributed by atoms with Gasteiger partial charge in [0.15, 0.2) is 5.76 Å². The van der Waals surface area contributed by atoms with Gasteiger partial charge in [-0.25, -0.2) is 9.38 Å². The van der Waals surface area contributed by atoms with Crippen LogP contribution < -0.4 is 0 Å². The third kappa shape index (κ3) is 8.45. The van der Waals surface area contributed by atoms with Crippen molar-refractivity contribution in [2.75, 3.05) is 13.2 Å². The molecule has 0 N–H and O–H groups in total. The lowest BCUT2D eigenvalue weighted by atomic mass is 9.99. The maximum atomic E-state index is 15.7. The lowest BCUT2D eigenvalue weighted by molar-refractivity contribution is -0.176. The molecule has 0 aromatic heterocycles. The molecular weight excluding hydrogens is 465 g/mol. The lowest BCUT2D eigenvalue weighted by Crippen LogP contribution is -2.40. The summed E-state index contributed by atoms with van der Waals surface area (Å²) >= 11 is 0. The summed E-state index contributed by atoms with van der Waals surface area (Å²) in [5.74, 6) is -2.37. The molecule has 1 fully saturated rings. The molecule has 202 valence electrons. The zero-order valence-electron chi connectivity index (χ0n) is 21.8. The summed E-state index contributed by atoms with van der Waals surface area (Å²) in [5, 5.41) is -0.178. The van der Waals surface area contributed by atoms with Crippen molar-refractivity contribution in [3.8, 4) is 0 Å². The van der Waals surface area contributed by atoms with Gasteiger partial charge in [-0.2, -0.15) is 4.39 Å². The van der Waals surface area contributed by atoms with E-state index < -0.39 is 18.0 Å². The first kappa shape index (κ1) is 28.4. The Labute approximate surface area is 214 Å². The molecule has 1 aromatic rings. The van der Waals surface area contributed by atoms with Crippen LogP contribution in [0.4, 0.5) is 13.3 Å². The molecule has 2 aliphatic rings. The van der Waals surface area contributed by atoms with Crippen LogP contribution in [0.25, 0.3) is 0 Å². The molecule has 1 aliphatic carbocycles. The highest BCUT2D eigenvalue weighted by molar-refractivity contribution is 5.78. The predicted molar refractivity (Wildman–Crippen MR) is 138 cm³/mol. The largest absolute Gasteiger partial charge is 0.487 e. The maximum absolute atomic E-state index is 15.7. The van der Waals surface area contributed by atoms with Crippen LogP contribution in [0.5, 0.6) is 0 Å². The summed E-state index contributed by atoms with van der Waals surface area (Å²) in [6, 6.07) is 7.83. The molecule has 2 atom stereocenters. The van der Waals surface area contributed by atoms with E-state index in [-0.39, 0.29) is 23.1 Å². The normalized spacial score (nSPS) is 21.3. The summed E-state index contributed by atoms with van der Waals surface area (Å²) in [7, 11) is 0. The average Bonchev–Trinajstić information content (AvgIpc) is 3.42. The minimum Gasteiger partial charge on any atom is -0.487 e. The molecule has 0 saturated heterocycles. The Morgan fingerprint density at radius 1 is 1.00 bits per heavy atom. The van der Waals surface area contributed by atoms with Crippen molar-refractivity contribution in [3.63, 3.8) is 0 Å². The lowest BCUT2D eigenvalue weighted by Gasteiger charge is -2.33. The van der Waals surface area contributed by atoms with Gasteiger partial charge in [-0.15, -0.1) is 5.12 Å². The molecule has 3 rings (SSSR count). The zero-order chi connectivity index (χ0) is 25.6. The molecule has 36 heavy (non-hydrogen) atoms. The number of benzene rings is 1. The third-order valence-corrected chi connectivity index (χ3v) is 7.15. The summed E-state index contributed by atoms with van der Waals surface area (Å²) in [6.07, 6.45) is 15.0. The van der Waals surface area contributed by atoms with Crippen molar-refractivity contribution >= 4 is 6.21 Å². The highest BCUT2D eigenvalue weighted by Crippen LogP contribution is 2.39. The summed E-state index contributed by atoms with van der Waals surface area (Å²) < 4.78 is 56.8. The number of unbranched alkanes of at least 4 members (excludes halogenated alkanes) is 6. The molecule has 0 spiro atoms. The second kappa shape index (κ2) is 15.2. The van der Waals surface area contributed by atoms with Crippen LogP contribution in [0, 0.1) is 5.92 Å². The number of hydrogen-bond acceptors (Lipinski definition) is 4. The van der Waals surface area contributed by atoms with E-state index in [2.05, 4.69) is 11.9 Å². The molecule has 1 aromatic carbocycles. The average molecular weight is 509 g/mol. The minimum absolute atomic E-state index is 0.00848. The standard InChI is InChI=1S/C29H43F3N2O2/c1-2-3-4-11-20-26(30)23-36-28-27(35-21-14-6-5-8-15-24-16-12-13-17-24)22-33-29(31,34(28)32)25-18-9-7-10-19-25/h7,9-10,18-19,22,24,26H,2-6,8,11-17,20-21,23H2,1H3. The SMILES string of the molecule is CCCCCCC(F)COC1=C(OCCCCCCC2CCCC2)C=NC(F)(c2ccccc2)N1F. The number of allylic oxidation sites excluding steroid dienone is 1. The van der Waals surface area contributed by atoms with Crippen LogP contribution >= 0.6 is 0 Å². The van der Waals surface area contributed by atoms with E-state index >= 15 is 8.87 Å². The summed E-state index contributed by atoms with van der Waals surface area (Å²) in [5.41, 5.74) is 0.0162. The second-order valence-electron chi connectivity index (χ2n) is 10.1. The van der Waals surface area contributed by atoms with Crippen LogP contribution in [0.3, 0.4) is 0 Å². The van der Waals surface area contributed by atoms with Crippen molar-refractivity contribution in [1.82, 2.24) is 5.12 Å². The molecule has 1 heterocycles. The fraction of sp³-hybridized carbons (Fsp3) is 0.690. The quantitative estimate of drug-likeness (QED) is 0.120. The molecule has 0 amide bonds. The van der Waals surface area contributed by atoms with Gasteiger partial charge < -0.3 is 9.47 Å². The van der Waals surface area contributed by atoms with Crippen LogP contribution in [0.2, 0.25) is 0 Å². The molecular formula is C29H43F3N2O2. The van der Waals surface area contributed by atoms with E-state index in [1.807, 2.05) is 0 Å². The topological polar surface area (TPSA) is 34.1 Å². The van der Waals surface area contributed by atoms with Gasteiger partial charge in [-0.1, -0.05) is 119 Å². The van der Waals surface area contributed by atoms with E-state index in [1.54, 1.807) is 18.2 Å². The Kier molecular flexibility index (Phi) is 12.0. The van der Waals surface area contributed by atoms with Crippen molar-refractivity contribution < 1.29 is 22.7 Å². The third-order valence-electron chi connectivity index (χ3n) is 7.15. The van der Waals surface area contributed by atoms with Crippen molar-refractivity contribution in [1.29, 1.82) is 0 Å². The van der Waals surface area contributed by atoms with Gasteiger partial charge in [0.2, 0.25) is 0 Å². The van der Waals surface area contributed by atoms with Gasteiger partial charge >= 0.3 is 5.92 Å². The number of rotatable bonds is 17. The number of halogens is 3.